The van der Waals surface area contributed by atoms with Crippen molar-refractivity contribution in [2.24, 2.45) is 0 Å². The summed E-state index contributed by atoms with van der Waals surface area (Å²) in [4.78, 5) is 4.68. The largest absolute Gasteiger partial charge is 0.477 e. The highest BCUT2D eigenvalue weighted by molar-refractivity contribution is 6.07. The Hall–Kier alpha value is -2.53. The van der Waals surface area contributed by atoms with Gasteiger partial charge < -0.3 is 4.74 Å². The lowest BCUT2D eigenvalue weighted by Gasteiger charge is -2.10. The van der Waals surface area contributed by atoms with Crippen molar-refractivity contribution in [2.45, 2.75) is 25.7 Å². The number of hydrogen-bond acceptors (Lipinski definition) is 2. The molecule has 0 saturated carbocycles. The third kappa shape index (κ3) is 3.04. The normalized spacial score (nSPS) is 10.7. The molecular weight excluding hydrogens is 270 g/mol. The van der Waals surface area contributed by atoms with Gasteiger partial charge in [-0.1, -0.05) is 36.4 Å². The van der Waals surface area contributed by atoms with Crippen LogP contribution in [-0.4, -0.2) is 11.6 Å². The van der Waals surface area contributed by atoms with Gasteiger partial charge in [0.2, 0.25) is 5.88 Å². The summed E-state index contributed by atoms with van der Waals surface area (Å²) >= 11 is 0. The highest BCUT2D eigenvalue weighted by atomic mass is 16.5. The van der Waals surface area contributed by atoms with E-state index in [9.17, 15) is 0 Å². The van der Waals surface area contributed by atoms with Crippen LogP contribution in [0.5, 0.6) is 5.88 Å². The maximum Gasteiger partial charge on any atom is 0.221 e. The van der Waals surface area contributed by atoms with Crippen molar-refractivity contribution in [3.63, 3.8) is 0 Å². The number of aromatic nitrogens is 1. The summed E-state index contributed by atoms with van der Waals surface area (Å²) in [6.07, 6.45) is 9.26. The SMILES string of the molecule is C#CCCCCCOc1nc2ccccc2c2ccccc12. The van der Waals surface area contributed by atoms with E-state index in [0.29, 0.717) is 6.61 Å². The Morgan fingerprint density at radius 2 is 1.59 bits per heavy atom. The van der Waals surface area contributed by atoms with Gasteiger partial charge in [0.05, 0.1) is 12.1 Å². The molecule has 0 spiro atoms. The molecule has 0 unspecified atom stereocenters. The molecule has 2 nitrogen and oxygen atoms in total. The molecule has 22 heavy (non-hydrogen) atoms. The third-order valence-corrected chi connectivity index (χ3v) is 3.78. The molecule has 1 heterocycles. The molecule has 3 aromatic rings. The molecule has 0 amide bonds. The molecule has 2 aromatic carbocycles. The standard InChI is InChI=1S/C20H19NO/c1-2-3-4-5-10-15-22-20-18-13-7-6-11-16(18)17-12-8-9-14-19(17)21-20/h1,6-9,11-14H,3-5,10,15H2. The van der Waals surface area contributed by atoms with Gasteiger partial charge in [0, 0.05) is 17.2 Å². The van der Waals surface area contributed by atoms with E-state index in [-0.39, 0.29) is 0 Å². The first-order chi connectivity index (χ1) is 10.9. The van der Waals surface area contributed by atoms with Crippen LogP contribution in [0.4, 0.5) is 0 Å². The molecule has 0 bridgehead atoms. The molecule has 0 radical (unpaired) electrons. The maximum absolute atomic E-state index is 5.94. The van der Waals surface area contributed by atoms with E-state index in [0.717, 1.165) is 42.5 Å². The van der Waals surface area contributed by atoms with E-state index < -0.39 is 0 Å². The molecule has 0 N–H and O–H groups in total. The van der Waals surface area contributed by atoms with Crippen molar-refractivity contribution in [3.05, 3.63) is 48.5 Å². The fourth-order valence-corrected chi connectivity index (χ4v) is 2.66. The van der Waals surface area contributed by atoms with Crippen molar-refractivity contribution in [3.8, 4) is 18.2 Å². The van der Waals surface area contributed by atoms with E-state index in [1.165, 1.54) is 10.8 Å². The van der Waals surface area contributed by atoms with Crippen LogP contribution in [-0.2, 0) is 0 Å². The average Bonchev–Trinajstić information content (AvgIpc) is 2.58. The van der Waals surface area contributed by atoms with Crippen LogP contribution in [0, 0.1) is 12.3 Å². The van der Waals surface area contributed by atoms with Crippen LogP contribution in [0.25, 0.3) is 21.7 Å². The topological polar surface area (TPSA) is 22.1 Å². The van der Waals surface area contributed by atoms with Gasteiger partial charge in [0.1, 0.15) is 0 Å². The number of hydrogen-bond donors (Lipinski definition) is 0. The van der Waals surface area contributed by atoms with E-state index in [4.69, 9.17) is 11.2 Å². The first-order valence-electron chi connectivity index (χ1n) is 7.74. The maximum atomic E-state index is 5.94. The molecule has 0 aliphatic heterocycles. The summed E-state index contributed by atoms with van der Waals surface area (Å²) < 4.78 is 5.94. The molecule has 2 heteroatoms. The Morgan fingerprint density at radius 3 is 2.41 bits per heavy atom. The Morgan fingerprint density at radius 1 is 0.864 bits per heavy atom. The minimum absolute atomic E-state index is 0.680. The van der Waals surface area contributed by atoms with E-state index in [2.05, 4.69) is 35.2 Å². The number of fused-ring (bicyclic) bond motifs is 3. The quantitative estimate of drug-likeness (QED) is 0.363. The van der Waals surface area contributed by atoms with Crippen molar-refractivity contribution < 1.29 is 4.74 Å². The van der Waals surface area contributed by atoms with Gasteiger partial charge in [-0.05, 0) is 36.8 Å². The Labute approximate surface area is 131 Å². The number of terminal acetylenes is 1. The highest BCUT2D eigenvalue weighted by Gasteiger charge is 2.08. The molecule has 110 valence electrons. The van der Waals surface area contributed by atoms with Crippen LogP contribution < -0.4 is 4.74 Å². The van der Waals surface area contributed by atoms with Gasteiger partial charge in [-0.25, -0.2) is 4.98 Å². The number of rotatable bonds is 6. The van der Waals surface area contributed by atoms with E-state index >= 15 is 0 Å². The lowest BCUT2D eigenvalue weighted by molar-refractivity contribution is 0.299. The smallest absolute Gasteiger partial charge is 0.221 e. The predicted molar refractivity (Wildman–Crippen MR) is 92.0 cm³/mol. The average molecular weight is 289 g/mol. The highest BCUT2D eigenvalue weighted by Crippen LogP contribution is 2.30. The summed E-state index contributed by atoms with van der Waals surface area (Å²) in [5, 5.41) is 3.43. The summed E-state index contributed by atoms with van der Waals surface area (Å²) in [7, 11) is 0. The predicted octanol–water partition coefficient (Wildman–Crippen LogP) is 4.96. The van der Waals surface area contributed by atoms with Crippen LogP contribution >= 0.6 is 0 Å². The second-order valence-corrected chi connectivity index (χ2v) is 5.34. The fourth-order valence-electron chi connectivity index (χ4n) is 2.66. The molecule has 0 atom stereocenters. The minimum atomic E-state index is 0.680. The number of benzene rings is 2. The van der Waals surface area contributed by atoms with Crippen molar-refractivity contribution in [1.29, 1.82) is 0 Å². The number of nitrogens with zero attached hydrogens (tertiary/aromatic N) is 1. The number of pyridine rings is 1. The Balaban J connectivity index is 1.83. The Bertz CT molecular complexity index is 817. The monoisotopic (exact) mass is 289 g/mol. The lowest BCUT2D eigenvalue weighted by atomic mass is 10.1. The van der Waals surface area contributed by atoms with Gasteiger partial charge in [-0.2, -0.15) is 0 Å². The molecule has 0 aliphatic rings. The van der Waals surface area contributed by atoms with Crippen LogP contribution in [0.3, 0.4) is 0 Å². The fraction of sp³-hybridized carbons (Fsp3) is 0.250. The zero-order chi connectivity index (χ0) is 15.2. The minimum Gasteiger partial charge on any atom is -0.477 e. The lowest BCUT2D eigenvalue weighted by Crippen LogP contribution is -2.00. The van der Waals surface area contributed by atoms with Crippen molar-refractivity contribution in [2.75, 3.05) is 6.61 Å². The zero-order valence-corrected chi connectivity index (χ0v) is 12.6. The van der Waals surface area contributed by atoms with Gasteiger partial charge in [-0.15, -0.1) is 12.3 Å². The Kier molecular flexibility index (Phi) is 4.56. The number of para-hydroxylation sites is 1. The first kappa shape index (κ1) is 14.4. The summed E-state index contributed by atoms with van der Waals surface area (Å²) in [5.41, 5.74) is 0.975. The van der Waals surface area contributed by atoms with Crippen molar-refractivity contribution >= 4 is 21.7 Å². The van der Waals surface area contributed by atoms with Crippen LogP contribution in [0.15, 0.2) is 48.5 Å². The molecule has 3 rings (SSSR count). The summed E-state index contributed by atoms with van der Waals surface area (Å²) in [6, 6.07) is 16.5. The van der Waals surface area contributed by atoms with Gasteiger partial charge in [0.25, 0.3) is 0 Å². The van der Waals surface area contributed by atoms with E-state index in [1.807, 2.05) is 24.3 Å². The van der Waals surface area contributed by atoms with Crippen LogP contribution in [0.2, 0.25) is 0 Å². The zero-order valence-electron chi connectivity index (χ0n) is 12.6. The molecular formula is C20H19NO. The van der Waals surface area contributed by atoms with Crippen LogP contribution in [0.1, 0.15) is 25.7 Å². The van der Waals surface area contributed by atoms with E-state index in [1.54, 1.807) is 0 Å². The van der Waals surface area contributed by atoms with Gasteiger partial charge in [-0.3, -0.25) is 0 Å². The molecule has 0 aliphatic carbocycles. The first-order valence-corrected chi connectivity index (χ1v) is 7.74. The van der Waals surface area contributed by atoms with Crippen molar-refractivity contribution in [1.82, 2.24) is 4.98 Å². The van der Waals surface area contributed by atoms with Gasteiger partial charge >= 0.3 is 0 Å². The second kappa shape index (κ2) is 6.95. The summed E-state index contributed by atoms with van der Waals surface area (Å²) in [6.45, 7) is 0.680. The number of unbranched alkanes of at least 4 members (excludes halogenated alkanes) is 3. The summed E-state index contributed by atoms with van der Waals surface area (Å²) in [5.74, 6) is 3.40. The molecule has 0 saturated heterocycles. The molecule has 1 aromatic heterocycles. The van der Waals surface area contributed by atoms with Gasteiger partial charge in [0.15, 0.2) is 0 Å². The number of ether oxygens (including phenoxy) is 1. The third-order valence-electron chi connectivity index (χ3n) is 3.78. The molecule has 0 fully saturated rings. The second-order valence-electron chi connectivity index (χ2n) is 5.34.